The van der Waals surface area contributed by atoms with Crippen LogP contribution in [0.5, 0.6) is 0 Å². The minimum Gasteiger partial charge on any atom is -0.373 e. The average Bonchev–Trinajstić information content (AvgIpc) is 3.26. The molecule has 0 unspecified atom stereocenters. The maximum atomic E-state index is 12.1. The Labute approximate surface area is 137 Å². The van der Waals surface area contributed by atoms with Crippen molar-refractivity contribution in [2.24, 2.45) is 0 Å². The van der Waals surface area contributed by atoms with Gasteiger partial charge in [-0.05, 0) is 12.1 Å². The first-order chi connectivity index (χ1) is 11.2. The summed E-state index contributed by atoms with van der Waals surface area (Å²) in [5, 5.41) is 11.7. The highest BCUT2D eigenvalue weighted by atomic mass is 32.1. The van der Waals surface area contributed by atoms with Gasteiger partial charge >= 0.3 is 0 Å². The lowest BCUT2D eigenvalue weighted by molar-refractivity contribution is 0.0950. The number of carbonyl (C=O) groups excluding carboxylic acids is 1. The summed E-state index contributed by atoms with van der Waals surface area (Å²) in [7, 11) is 1.99. The number of para-hydroxylation sites is 1. The molecule has 0 fully saturated rings. The zero-order valence-electron chi connectivity index (χ0n) is 12.6. The molecule has 2 heterocycles. The smallest absolute Gasteiger partial charge is 0.270 e. The third-order valence-electron chi connectivity index (χ3n) is 3.28. The number of likely N-dealkylation sites (N-methyl/N-ethyl adjacent to an activating group) is 1. The number of aromatic amines is 1. The quantitative estimate of drug-likeness (QED) is 0.720. The van der Waals surface area contributed by atoms with Crippen LogP contribution in [0.2, 0.25) is 0 Å². The number of amides is 1. The van der Waals surface area contributed by atoms with Gasteiger partial charge in [0.1, 0.15) is 12.0 Å². The fourth-order valence-electron chi connectivity index (χ4n) is 2.03. The van der Waals surface area contributed by atoms with E-state index < -0.39 is 0 Å². The van der Waals surface area contributed by atoms with Crippen LogP contribution in [0.3, 0.4) is 0 Å². The summed E-state index contributed by atoms with van der Waals surface area (Å²) in [5.74, 6) is 0.381. The summed E-state index contributed by atoms with van der Waals surface area (Å²) in [4.78, 5) is 22.5. The second-order valence-corrected chi connectivity index (χ2v) is 5.74. The third kappa shape index (κ3) is 3.72. The van der Waals surface area contributed by atoms with Crippen LogP contribution in [0, 0.1) is 0 Å². The molecule has 3 aromatic rings. The lowest BCUT2D eigenvalue weighted by Gasteiger charge is -2.19. The standard InChI is InChI=1S/C15H16N6OS/c1-21(11-5-3-2-4-6-11)8-7-16-14(22)12-9-23-15(19-12)13-17-10-18-20-13/h2-6,9-10H,7-8H2,1H3,(H,16,22)(H,17,18,20). The number of rotatable bonds is 6. The van der Waals surface area contributed by atoms with Gasteiger partial charge in [0.2, 0.25) is 0 Å². The van der Waals surface area contributed by atoms with Gasteiger partial charge in [-0.25, -0.2) is 9.97 Å². The highest BCUT2D eigenvalue weighted by Crippen LogP contribution is 2.19. The lowest BCUT2D eigenvalue weighted by Crippen LogP contribution is -2.33. The van der Waals surface area contributed by atoms with Gasteiger partial charge in [0.15, 0.2) is 10.8 Å². The maximum Gasteiger partial charge on any atom is 0.270 e. The lowest BCUT2D eigenvalue weighted by atomic mass is 10.3. The molecule has 1 amide bonds. The number of nitrogens with one attached hydrogen (secondary N) is 2. The Kier molecular flexibility index (Phi) is 4.62. The fourth-order valence-corrected chi connectivity index (χ4v) is 2.78. The molecular formula is C15H16N6OS. The monoisotopic (exact) mass is 328 g/mol. The highest BCUT2D eigenvalue weighted by molar-refractivity contribution is 7.13. The second kappa shape index (κ2) is 7.01. The Hall–Kier alpha value is -2.74. The van der Waals surface area contributed by atoms with Crippen molar-refractivity contribution in [3.05, 3.63) is 47.7 Å². The minimum atomic E-state index is -0.187. The summed E-state index contributed by atoms with van der Waals surface area (Å²) < 4.78 is 0. The predicted molar refractivity (Wildman–Crippen MR) is 89.5 cm³/mol. The Morgan fingerprint density at radius 2 is 2.17 bits per heavy atom. The zero-order valence-corrected chi connectivity index (χ0v) is 13.4. The van der Waals surface area contributed by atoms with Gasteiger partial charge in [0.05, 0.1) is 0 Å². The molecule has 0 saturated heterocycles. The van der Waals surface area contributed by atoms with Crippen molar-refractivity contribution < 1.29 is 4.79 Å². The number of H-pyrrole nitrogens is 1. The van der Waals surface area contributed by atoms with E-state index in [0.29, 0.717) is 23.1 Å². The van der Waals surface area contributed by atoms with E-state index in [9.17, 15) is 4.79 Å². The van der Waals surface area contributed by atoms with Gasteiger partial charge in [-0.1, -0.05) is 18.2 Å². The molecule has 2 N–H and O–H groups in total. The van der Waals surface area contributed by atoms with Gasteiger partial charge in [0.25, 0.3) is 5.91 Å². The predicted octanol–water partition coefficient (Wildman–Crippen LogP) is 1.79. The number of thiazole rings is 1. The summed E-state index contributed by atoms with van der Waals surface area (Å²) in [6.07, 6.45) is 1.41. The van der Waals surface area contributed by atoms with Crippen LogP contribution in [-0.4, -0.2) is 46.2 Å². The Morgan fingerprint density at radius 3 is 2.91 bits per heavy atom. The zero-order chi connectivity index (χ0) is 16.1. The molecular weight excluding hydrogens is 312 g/mol. The topological polar surface area (TPSA) is 86.8 Å². The summed E-state index contributed by atoms with van der Waals surface area (Å²) >= 11 is 1.36. The summed E-state index contributed by atoms with van der Waals surface area (Å²) in [6.45, 7) is 1.26. The molecule has 0 aliphatic carbocycles. The molecule has 8 heteroatoms. The van der Waals surface area contributed by atoms with Crippen molar-refractivity contribution in [2.75, 3.05) is 25.0 Å². The molecule has 7 nitrogen and oxygen atoms in total. The van der Waals surface area contributed by atoms with Crippen molar-refractivity contribution in [1.82, 2.24) is 25.5 Å². The molecule has 0 spiro atoms. The molecule has 0 saturated carbocycles. The largest absolute Gasteiger partial charge is 0.373 e. The molecule has 3 rings (SSSR count). The molecule has 2 aromatic heterocycles. The van der Waals surface area contributed by atoms with E-state index in [1.165, 1.54) is 17.7 Å². The molecule has 0 bridgehead atoms. The Morgan fingerprint density at radius 1 is 1.35 bits per heavy atom. The molecule has 0 atom stereocenters. The van der Waals surface area contributed by atoms with E-state index >= 15 is 0 Å². The van der Waals surface area contributed by atoms with E-state index in [4.69, 9.17) is 0 Å². The normalized spacial score (nSPS) is 10.5. The second-order valence-electron chi connectivity index (χ2n) is 4.88. The first kappa shape index (κ1) is 15.2. The maximum absolute atomic E-state index is 12.1. The number of nitrogens with zero attached hydrogens (tertiary/aromatic N) is 4. The van der Waals surface area contributed by atoms with Crippen molar-refractivity contribution in [2.45, 2.75) is 0 Å². The number of benzene rings is 1. The average molecular weight is 328 g/mol. The Bertz CT molecular complexity index is 755. The molecule has 0 aliphatic rings. The van der Waals surface area contributed by atoms with Crippen LogP contribution in [0.15, 0.2) is 42.0 Å². The van der Waals surface area contributed by atoms with Gasteiger partial charge in [-0.15, -0.1) is 11.3 Å². The van der Waals surface area contributed by atoms with Crippen LogP contribution in [0.1, 0.15) is 10.5 Å². The summed E-state index contributed by atoms with van der Waals surface area (Å²) in [6, 6.07) is 10.0. The van der Waals surface area contributed by atoms with Crippen LogP contribution < -0.4 is 10.2 Å². The molecule has 23 heavy (non-hydrogen) atoms. The van der Waals surface area contributed by atoms with Gasteiger partial charge < -0.3 is 10.2 Å². The van der Waals surface area contributed by atoms with Crippen molar-refractivity contribution in [1.29, 1.82) is 0 Å². The van der Waals surface area contributed by atoms with Crippen LogP contribution in [0.25, 0.3) is 10.8 Å². The van der Waals surface area contributed by atoms with E-state index in [-0.39, 0.29) is 5.91 Å². The molecule has 0 aliphatic heterocycles. The molecule has 1 aromatic carbocycles. The number of hydrogen-bond donors (Lipinski definition) is 2. The first-order valence-electron chi connectivity index (χ1n) is 7.09. The SMILES string of the molecule is CN(CCNC(=O)c1csc(-c2ncn[nH]2)n1)c1ccccc1. The number of anilines is 1. The van der Waals surface area contributed by atoms with E-state index in [1.807, 2.05) is 37.4 Å². The van der Waals surface area contributed by atoms with E-state index in [0.717, 1.165) is 12.2 Å². The third-order valence-corrected chi connectivity index (χ3v) is 4.13. The number of carbonyl (C=O) groups is 1. The van der Waals surface area contributed by atoms with Crippen LogP contribution in [-0.2, 0) is 0 Å². The minimum absolute atomic E-state index is 0.187. The molecule has 0 radical (unpaired) electrons. The van der Waals surface area contributed by atoms with Gasteiger partial charge in [-0.3, -0.25) is 9.89 Å². The Balaban J connectivity index is 1.52. The fraction of sp³-hybridized carbons (Fsp3) is 0.200. The van der Waals surface area contributed by atoms with E-state index in [1.54, 1.807) is 5.38 Å². The van der Waals surface area contributed by atoms with Crippen molar-refractivity contribution in [3.8, 4) is 10.8 Å². The summed E-state index contributed by atoms with van der Waals surface area (Å²) in [5.41, 5.74) is 1.51. The van der Waals surface area contributed by atoms with Crippen LogP contribution >= 0.6 is 11.3 Å². The number of hydrogen-bond acceptors (Lipinski definition) is 6. The van der Waals surface area contributed by atoms with Crippen molar-refractivity contribution in [3.63, 3.8) is 0 Å². The van der Waals surface area contributed by atoms with Crippen LogP contribution in [0.4, 0.5) is 5.69 Å². The van der Waals surface area contributed by atoms with Gasteiger partial charge in [-0.2, -0.15) is 5.10 Å². The molecule has 118 valence electrons. The van der Waals surface area contributed by atoms with Crippen molar-refractivity contribution >= 4 is 22.9 Å². The highest BCUT2D eigenvalue weighted by Gasteiger charge is 2.13. The first-order valence-corrected chi connectivity index (χ1v) is 7.97. The van der Waals surface area contributed by atoms with E-state index in [2.05, 4.69) is 30.4 Å². The number of aromatic nitrogens is 4. The van der Waals surface area contributed by atoms with Gasteiger partial charge in [0, 0.05) is 31.2 Å².